The van der Waals surface area contributed by atoms with Crippen LogP contribution < -0.4 is 5.32 Å². The van der Waals surface area contributed by atoms with Gasteiger partial charge in [0, 0.05) is 31.0 Å². The van der Waals surface area contributed by atoms with Gasteiger partial charge >= 0.3 is 0 Å². The molecule has 0 saturated carbocycles. The molecule has 4 rings (SSSR count). The molecule has 1 saturated heterocycles. The Balaban J connectivity index is 1.45. The van der Waals surface area contributed by atoms with Gasteiger partial charge in [0.15, 0.2) is 5.69 Å². The van der Waals surface area contributed by atoms with E-state index in [1.165, 1.54) is 6.33 Å². The molecule has 0 aliphatic carbocycles. The van der Waals surface area contributed by atoms with Gasteiger partial charge < -0.3 is 15.2 Å². The molecule has 3 heterocycles. The summed E-state index contributed by atoms with van der Waals surface area (Å²) in [5, 5.41) is 7.48. The molecule has 0 bridgehead atoms. The Labute approximate surface area is 168 Å². The van der Waals surface area contributed by atoms with Crippen LogP contribution in [-0.4, -0.2) is 55.6 Å². The lowest BCUT2D eigenvalue weighted by atomic mass is 9.93. The molecule has 1 aliphatic heterocycles. The Bertz CT molecular complexity index is 1010. The summed E-state index contributed by atoms with van der Waals surface area (Å²) in [5.41, 5.74) is 2.42. The van der Waals surface area contributed by atoms with E-state index in [1.807, 2.05) is 37.3 Å². The number of piperidine rings is 1. The third-order valence-electron chi connectivity index (χ3n) is 5.44. The average molecular weight is 392 g/mol. The van der Waals surface area contributed by atoms with Gasteiger partial charge in [-0.3, -0.25) is 9.59 Å². The maximum Gasteiger partial charge on any atom is 0.274 e. The highest BCUT2D eigenvalue weighted by Crippen LogP contribution is 2.20. The van der Waals surface area contributed by atoms with Crippen molar-refractivity contribution >= 4 is 11.8 Å². The zero-order valence-electron chi connectivity index (χ0n) is 16.5. The van der Waals surface area contributed by atoms with Crippen molar-refractivity contribution in [2.45, 2.75) is 26.3 Å². The third-order valence-corrected chi connectivity index (χ3v) is 5.44. The lowest BCUT2D eigenvalue weighted by Gasteiger charge is -2.37. The molecule has 2 N–H and O–H groups in total. The topological polar surface area (TPSA) is 95.9 Å². The van der Waals surface area contributed by atoms with Gasteiger partial charge in [0.1, 0.15) is 5.69 Å². The van der Waals surface area contributed by atoms with Crippen molar-refractivity contribution in [2.75, 3.05) is 13.1 Å². The molecule has 0 radical (unpaired) electrons. The van der Waals surface area contributed by atoms with Crippen LogP contribution in [-0.2, 0) is 0 Å². The lowest BCUT2D eigenvalue weighted by Crippen LogP contribution is -2.53. The van der Waals surface area contributed by atoms with Gasteiger partial charge in [-0.05, 0) is 37.5 Å². The SMILES string of the molecule is Cc1[nH]cnc1C(=O)NC1CN(C(=O)c2ccn(-c3ccccc3)n2)CCC1C. The van der Waals surface area contributed by atoms with Crippen LogP contribution in [0.5, 0.6) is 0 Å². The number of hydrogen-bond acceptors (Lipinski definition) is 4. The second-order valence-corrected chi connectivity index (χ2v) is 7.45. The van der Waals surface area contributed by atoms with Crippen molar-refractivity contribution in [3.05, 3.63) is 66.0 Å². The Morgan fingerprint density at radius 3 is 2.72 bits per heavy atom. The van der Waals surface area contributed by atoms with Gasteiger partial charge in [-0.25, -0.2) is 9.67 Å². The van der Waals surface area contributed by atoms with E-state index in [0.29, 0.717) is 24.5 Å². The van der Waals surface area contributed by atoms with Gasteiger partial charge in [0.2, 0.25) is 0 Å². The smallest absolute Gasteiger partial charge is 0.274 e. The van der Waals surface area contributed by atoms with Gasteiger partial charge in [-0.15, -0.1) is 0 Å². The molecule has 29 heavy (non-hydrogen) atoms. The molecule has 8 nitrogen and oxygen atoms in total. The largest absolute Gasteiger partial charge is 0.348 e. The summed E-state index contributed by atoms with van der Waals surface area (Å²) in [6.07, 6.45) is 4.11. The predicted molar refractivity (Wildman–Crippen MR) is 108 cm³/mol. The van der Waals surface area contributed by atoms with Crippen LogP contribution in [0, 0.1) is 12.8 Å². The molecule has 1 fully saturated rings. The molecule has 2 amide bonds. The summed E-state index contributed by atoms with van der Waals surface area (Å²) in [6.45, 7) is 5.00. The van der Waals surface area contributed by atoms with Crippen LogP contribution in [0.15, 0.2) is 48.9 Å². The minimum Gasteiger partial charge on any atom is -0.348 e. The lowest BCUT2D eigenvalue weighted by molar-refractivity contribution is 0.0618. The minimum absolute atomic E-state index is 0.123. The monoisotopic (exact) mass is 392 g/mol. The van der Waals surface area contributed by atoms with Crippen molar-refractivity contribution < 1.29 is 9.59 Å². The van der Waals surface area contributed by atoms with Crippen molar-refractivity contribution in [1.29, 1.82) is 0 Å². The molecule has 0 spiro atoms. The molecular formula is C21H24N6O2. The second kappa shape index (κ2) is 7.90. The van der Waals surface area contributed by atoms with Crippen molar-refractivity contribution in [3.8, 4) is 5.69 Å². The zero-order valence-corrected chi connectivity index (χ0v) is 16.5. The number of nitrogens with one attached hydrogen (secondary N) is 2. The first kappa shape index (κ1) is 18.9. The van der Waals surface area contributed by atoms with E-state index in [-0.39, 0.29) is 23.8 Å². The number of nitrogens with zero attached hydrogens (tertiary/aromatic N) is 4. The van der Waals surface area contributed by atoms with Crippen LogP contribution in [0.2, 0.25) is 0 Å². The number of imidazole rings is 1. The highest BCUT2D eigenvalue weighted by Gasteiger charge is 2.32. The Morgan fingerprint density at radius 1 is 1.21 bits per heavy atom. The van der Waals surface area contributed by atoms with Crippen molar-refractivity contribution in [1.82, 2.24) is 30.0 Å². The van der Waals surface area contributed by atoms with Crippen molar-refractivity contribution in [3.63, 3.8) is 0 Å². The number of carbonyl (C=O) groups is 2. The highest BCUT2D eigenvalue weighted by atomic mass is 16.2. The zero-order chi connectivity index (χ0) is 20.4. The van der Waals surface area contributed by atoms with E-state index >= 15 is 0 Å². The number of benzene rings is 1. The summed E-state index contributed by atoms with van der Waals surface area (Å²) < 4.78 is 1.69. The summed E-state index contributed by atoms with van der Waals surface area (Å²) in [7, 11) is 0. The average Bonchev–Trinajstić information content (AvgIpc) is 3.39. The molecular weight excluding hydrogens is 368 g/mol. The number of aryl methyl sites for hydroxylation is 1. The first-order valence-electron chi connectivity index (χ1n) is 9.74. The van der Waals surface area contributed by atoms with Crippen LogP contribution in [0.1, 0.15) is 40.0 Å². The number of aromatic nitrogens is 4. The van der Waals surface area contributed by atoms with Crippen LogP contribution >= 0.6 is 0 Å². The number of para-hydroxylation sites is 1. The normalized spacial score (nSPS) is 19.2. The molecule has 2 unspecified atom stereocenters. The minimum atomic E-state index is -0.219. The fourth-order valence-electron chi connectivity index (χ4n) is 3.59. The number of carbonyl (C=O) groups excluding carboxylic acids is 2. The number of H-pyrrole nitrogens is 1. The van der Waals surface area contributed by atoms with Crippen molar-refractivity contribution in [2.24, 2.45) is 5.92 Å². The summed E-state index contributed by atoms with van der Waals surface area (Å²) in [5.74, 6) is -0.0749. The first-order chi connectivity index (χ1) is 14.0. The molecule has 150 valence electrons. The first-order valence-corrected chi connectivity index (χ1v) is 9.74. The van der Waals surface area contributed by atoms with E-state index in [9.17, 15) is 9.59 Å². The Hall–Kier alpha value is -3.42. The maximum atomic E-state index is 13.0. The predicted octanol–water partition coefficient (Wildman–Crippen LogP) is 2.18. The molecule has 2 atom stereocenters. The maximum absolute atomic E-state index is 13.0. The van der Waals surface area contributed by atoms with E-state index in [0.717, 1.165) is 17.8 Å². The third kappa shape index (κ3) is 3.91. The van der Waals surface area contributed by atoms with Gasteiger partial charge in [-0.1, -0.05) is 25.1 Å². The molecule has 1 aliphatic rings. The molecule has 8 heteroatoms. The fourth-order valence-corrected chi connectivity index (χ4v) is 3.59. The summed E-state index contributed by atoms with van der Waals surface area (Å²) in [4.78, 5) is 34.3. The number of rotatable bonds is 4. The highest BCUT2D eigenvalue weighted by molar-refractivity contribution is 5.94. The number of aromatic amines is 1. The second-order valence-electron chi connectivity index (χ2n) is 7.45. The van der Waals surface area contributed by atoms with E-state index in [1.54, 1.807) is 21.8 Å². The van der Waals surface area contributed by atoms with E-state index in [2.05, 4.69) is 27.3 Å². The van der Waals surface area contributed by atoms with Crippen LogP contribution in [0.4, 0.5) is 0 Å². The van der Waals surface area contributed by atoms with Crippen LogP contribution in [0.25, 0.3) is 5.69 Å². The molecule has 1 aromatic carbocycles. The summed E-state index contributed by atoms with van der Waals surface area (Å²) in [6, 6.07) is 11.3. The number of amides is 2. The Kier molecular flexibility index (Phi) is 5.16. The quantitative estimate of drug-likeness (QED) is 0.711. The van der Waals surface area contributed by atoms with E-state index in [4.69, 9.17) is 0 Å². The standard InChI is InChI=1S/C21H24N6O2/c1-14-8-10-26(12-18(14)24-20(28)19-15(2)22-13-23-19)21(29)17-9-11-27(25-17)16-6-4-3-5-7-16/h3-7,9,11,13-14,18H,8,10,12H2,1-2H3,(H,22,23)(H,24,28). The van der Waals surface area contributed by atoms with Gasteiger partial charge in [0.25, 0.3) is 11.8 Å². The van der Waals surface area contributed by atoms with Gasteiger partial charge in [-0.2, -0.15) is 5.10 Å². The number of likely N-dealkylation sites (tertiary alicyclic amines) is 1. The summed E-state index contributed by atoms with van der Waals surface area (Å²) >= 11 is 0. The Morgan fingerprint density at radius 2 is 2.00 bits per heavy atom. The van der Waals surface area contributed by atoms with Crippen LogP contribution in [0.3, 0.4) is 0 Å². The van der Waals surface area contributed by atoms with Gasteiger partial charge in [0.05, 0.1) is 12.0 Å². The molecule has 3 aromatic rings. The fraction of sp³-hybridized carbons (Fsp3) is 0.333. The number of hydrogen-bond donors (Lipinski definition) is 2. The molecule has 2 aromatic heterocycles. The van der Waals surface area contributed by atoms with E-state index < -0.39 is 0 Å².